The molecule has 108 valence electrons. The number of rotatable bonds is 4. The lowest BCUT2D eigenvalue weighted by atomic mass is 10.0. The molecule has 0 aliphatic carbocycles. The zero-order valence-corrected chi connectivity index (χ0v) is 13.5. The number of aromatic nitrogens is 4. The van der Waals surface area contributed by atoms with Crippen LogP contribution in [0.15, 0.2) is 41.3 Å². The van der Waals surface area contributed by atoms with Crippen molar-refractivity contribution in [3.05, 3.63) is 52.5 Å². The van der Waals surface area contributed by atoms with Crippen molar-refractivity contribution in [2.24, 2.45) is 0 Å². The summed E-state index contributed by atoms with van der Waals surface area (Å²) in [5, 5.41) is 7.75. The maximum Gasteiger partial charge on any atom is 0.0890 e. The molecule has 6 heteroatoms. The summed E-state index contributed by atoms with van der Waals surface area (Å²) < 4.78 is 2.99. The molecular formula is C15H16BrN5. The Hall–Kier alpha value is -1.79. The molecule has 0 fully saturated rings. The zero-order valence-electron chi connectivity index (χ0n) is 11.9. The molecule has 5 nitrogen and oxygen atoms in total. The molecule has 2 aromatic heterocycles. The fraction of sp³-hybridized carbons (Fsp3) is 0.267. The van der Waals surface area contributed by atoms with Crippen LogP contribution in [0.5, 0.6) is 0 Å². The fourth-order valence-electron chi connectivity index (χ4n) is 2.53. The second-order valence-electron chi connectivity index (χ2n) is 4.72. The van der Waals surface area contributed by atoms with Gasteiger partial charge in [0.25, 0.3) is 0 Å². The first-order valence-electron chi connectivity index (χ1n) is 6.83. The first-order valence-corrected chi connectivity index (χ1v) is 7.63. The number of hydrogen-bond acceptors (Lipinski definition) is 4. The molecule has 0 saturated heterocycles. The van der Waals surface area contributed by atoms with E-state index in [-0.39, 0.29) is 6.04 Å². The van der Waals surface area contributed by atoms with Crippen LogP contribution in [0.4, 0.5) is 0 Å². The third-order valence-corrected chi connectivity index (χ3v) is 4.13. The van der Waals surface area contributed by atoms with Crippen LogP contribution in [0.25, 0.3) is 11.0 Å². The van der Waals surface area contributed by atoms with Crippen LogP contribution >= 0.6 is 15.9 Å². The summed E-state index contributed by atoms with van der Waals surface area (Å²) in [6, 6.07) is 6.21. The largest absolute Gasteiger partial charge is 0.308 e. The summed E-state index contributed by atoms with van der Waals surface area (Å²) in [7, 11) is 1.95. The van der Waals surface area contributed by atoms with Gasteiger partial charge < -0.3 is 5.32 Å². The molecule has 0 saturated carbocycles. The molecule has 2 heterocycles. The molecule has 0 aliphatic heterocycles. The highest BCUT2D eigenvalue weighted by molar-refractivity contribution is 9.10. The Bertz CT molecular complexity index is 768. The van der Waals surface area contributed by atoms with E-state index in [0.29, 0.717) is 0 Å². The van der Waals surface area contributed by atoms with Crippen molar-refractivity contribution in [2.75, 3.05) is 7.05 Å². The smallest absolute Gasteiger partial charge is 0.0890 e. The van der Waals surface area contributed by atoms with Crippen LogP contribution < -0.4 is 5.32 Å². The Kier molecular flexibility index (Phi) is 3.98. The summed E-state index contributed by atoms with van der Waals surface area (Å²) >= 11 is 3.60. The van der Waals surface area contributed by atoms with Crippen molar-refractivity contribution in [1.29, 1.82) is 0 Å². The third kappa shape index (κ3) is 2.56. The van der Waals surface area contributed by atoms with Crippen LogP contribution in [-0.2, 0) is 6.54 Å². The monoisotopic (exact) mass is 345 g/mol. The highest BCUT2D eigenvalue weighted by Gasteiger charge is 2.20. The van der Waals surface area contributed by atoms with E-state index < -0.39 is 0 Å². The third-order valence-electron chi connectivity index (χ3n) is 3.52. The van der Waals surface area contributed by atoms with Crippen molar-refractivity contribution < 1.29 is 0 Å². The van der Waals surface area contributed by atoms with Gasteiger partial charge >= 0.3 is 0 Å². The van der Waals surface area contributed by atoms with E-state index in [1.807, 2.05) is 24.0 Å². The van der Waals surface area contributed by atoms with Crippen LogP contribution in [0, 0.1) is 0 Å². The molecule has 0 amide bonds. The fourth-order valence-corrected chi connectivity index (χ4v) is 3.06. The predicted molar refractivity (Wildman–Crippen MR) is 86.0 cm³/mol. The number of benzene rings is 1. The summed E-state index contributed by atoms with van der Waals surface area (Å²) in [6.07, 6.45) is 5.26. The van der Waals surface area contributed by atoms with Gasteiger partial charge in [-0.1, -0.05) is 6.07 Å². The quantitative estimate of drug-likeness (QED) is 0.789. The summed E-state index contributed by atoms with van der Waals surface area (Å²) in [5.41, 5.74) is 4.05. The molecule has 1 N–H and O–H groups in total. The van der Waals surface area contributed by atoms with Crippen LogP contribution in [0.3, 0.4) is 0 Å². The summed E-state index contributed by atoms with van der Waals surface area (Å²) in [4.78, 5) is 8.69. The Labute approximate surface area is 131 Å². The first kappa shape index (κ1) is 14.2. The van der Waals surface area contributed by atoms with Gasteiger partial charge in [-0.05, 0) is 47.6 Å². The van der Waals surface area contributed by atoms with Gasteiger partial charge in [-0.25, -0.2) is 0 Å². The average molecular weight is 346 g/mol. The lowest BCUT2D eigenvalue weighted by molar-refractivity contribution is 0.562. The van der Waals surface area contributed by atoms with Crippen LogP contribution in [-0.4, -0.2) is 26.8 Å². The second kappa shape index (κ2) is 5.91. The standard InChI is InChI=1S/C15H16BrN5/c1-3-21-15(11(16)9-20-21)14(17-2)10-4-5-12-13(8-10)19-7-6-18-12/h4-9,14,17H,3H2,1-2H3. The molecule has 0 spiro atoms. The van der Waals surface area contributed by atoms with E-state index in [0.717, 1.165) is 33.3 Å². The molecule has 3 rings (SSSR count). The maximum atomic E-state index is 4.39. The predicted octanol–water partition coefficient (Wildman–Crippen LogP) is 2.92. The molecule has 1 unspecified atom stereocenters. The minimum atomic E-state index is 0.0493. The van der Waals surface area contributed by atoms with Crippen LogP contribution in [0.2, 0.25) is 0 Å². The Morgan fingerprint density at radius 2 is 2.00 bits per heavy atom. The van der Waals surface area contributed by atoms with Crippen LogP contribution in [0.1, 0.15) is 24.2 Å². The van der Waals surface area contributed by atoms with E-state index in [4.69, 9.17) is 0 Å². The molecule has 0 bridgehead atoms. The molecule has 1 atom stereocenters. The highest BCUT2D eigenvalue weighted by atomic mass is 79.9. The number of nitrogens with one attached hydrogen (secondary N) is 1. The van der Waals surface area contributed by atoms with Gasteiger partial charge in [0.1, 0.15) is 0 Å². The molecular weight excluding hydrogens is 330 g/mol. The lowest BCUT2D eigenvalue weighted by Crippen LogP contribution is -2.21. The first-order chi connectivity index (χ1) is 10.2. The number of hydrogen-bond donors (Lipinski definition) is 1. The molecule has 0 radical (unpaired) electrons. The number of aryl methyl sites for hydroxylation is 1. The van der Waals surface area contributed by atoms with Crippen molar-refractivity contribution in [3.63, 3.8) is 0 Å². The van der Waals surface area contributed by atoms with Gasteiger partial charge in [0.05, 0.1) is 33.4 Å². The SMILES string of the molecule is CCn1ncc(Br)c1C(NC)c1ccc2nccnc2c1. The second-order valence-corrected chi connectivity index (χ2v) is 5.57. The van der Waals surface area contributed by atoms with E-state index in [1.54, 1.807) is 12.4 Å². The van der Waals surface area contributed by atoms with Gasteiger partial charge in [0.2, 0.25) is 0 Å². The topological polar surface area (TPSA) is 55.6 Å². The van der Waals surface area contributed by atoms with Crippen molar-refractivity contribution in [3.8, 4) is 0 Å². The van der Waals surface area contributed by atoms with Gasteiger partial charge in [-0.2, -0.15) is 5.10 Å². The summed E-state index contributed by atoms with van der Waals surface area (Å²) in [6.45, 7) is 2.91. The number of nitrogens with zero attached hydrogens (tertiary/aromatic N) is 4. The average Bonchev–Trinajstić information content (AvgIpc) is 2.89. The normalized spacial score (nSPS) is 12.7. The Balaban J connectivity index is 2.11. The van der Waals surface area contributed by atoms with E-state index >= 15 is 0 Å². The Morgan fingerprint density at radius 1 is 1.24 bits per heavy atom. The lowest BCUT2D eigenvalue weighted by Gasteiger charge is -2.19. The van der Waals surface area contributed by atoms with E-state index in [2.05, 4.69) is 55.4 Å². The molecule has 1 aromatic carbocycles. The van der Waals surface area contributed by atoms with Crippen molar-refractivity contribution in [2.45, 2.75) is 19.5 Å². The van der Waals surface area contributed by atoms with Gasteiger partial charge in [-0.3, -0.25) is 14.6 Å². The minimum absolute atomic E-state index is 0.0493. The van der Waals surface area contributed by atoms with Gasteiger partial charge in [0.15, 0.2) is 0 Å². The summed E-state index contributed by atoms with van der Waals surface area (Å²) in [5.74, 6) is 0. The van der Waals surface area contributed by atoms with Gasteiger partial charge in [-0.15, -0.1) is 0 Å². The van der Waals surface area contributed by atoms with Gasteiger partial charge in [0, 0.05) is 18.9 Å². The minimum Gasteiger partial charge on any atom is -0.308 e. The zero-order chi connectivity index (χ0) is 14.8. The van der Waals surface area contributed by atoms with E-state index in [1.165, 1.54) is 0 Å². The maximum absolute atomic E-state index is 4.39. The molecule has 21 heavy (non-hydrogen) atoms. The Morgan fingerprint density at radius 3 is 2.71 bits per heavy atom. The molecule has 3 aromatic rings. The van der Waals surface area contributed by atoms with Crippen molar-refractivity contribution in [1.82, 2.24) is 25.1 Å². The number of halogens is 1. The highest BCUT2D eigenvalue weighted by Crippen LogP contribution is 2.29. The number of fused-ring (bicyclic) bond motifs is 1. The molecule has 0 aliphatic rings. The van der Waals surface area contributed by atoms with E-state index in [9.17, 15) is 0 Å². The van der Waals surface area contributed by atoms with Crippen molar-refractivity contribution >= 4 is 27.0 Å².